The van der Waals surface area contributed by atoms with Gasteiger partial charge in [0.1, 0.15) is 17.1 Å². The van der Waals surface area contributed by atoms with E-state index in [9.17, 15) is 0 Å². The summed E-state index contributed by atoms with van der Waals surface area (Å²) in [5.74, 6) is 1.21. The molecule has 2 aromatic rings. The van der Waals surface area contributed by atoms with Crippen LogP contribution in [-0.4, -0.2) is 12.1 Å². The molecule has 0 amide bonds. The Balaban J connectivity index is 2.83. The number of methoxy groups -OCH3 is 1. The second kappa shape index (κ2) is 4.32. The minimum atomic E-state index is -0.0717. The van der Waals surface area contributed by atoms with Crippen LogP contribution in [0.5, 0.6) is 5.75 Å². The molecule has 0 saturated heterocycles. The number of nitrogen functional groups attached to an aromatic ring is 1. The lowest BCUT2D eigenvalue weighted by atomic mass is 9.86. The van der Waals surface area contributed by atoms with Crippen molar-refractivity contribution in [3.8, 4) is 5.75 Å². The summed E-state index contributed by atoms with van der Waals surface area (Å²) in [5.41, 5.74) is 7.66. The zero-order valence-corrected chi connectivity index (χ0v) is 11.8. The van der Waals surface area contributed by atoms with Crippen LogP contribution in [0.15, 0.2) is 18.2 Å². The zero-order chi connectivity index (χ0) is 13.5. The number of ether oxygens (including phenoxy) is 1. The van der Waals surface area contributed by atoms with E-state index in [1.165, 1.54) is 0 Å². The molecule has 1 aromatic heterocycles. The standard InChI is InChI=1S/C14H17ClN2O/c1-14(2,3)9-7-8-10(15)5-6-11(18-4)12(8)17-13(9)16/h5-7H,1-4H3,(H2,16,17). The van der Waals surface area contributed by atoms with Crippen LogP contribution >= 0.6 is 11.6 Å². The van der Waals surface area contributed by atoms with Gasteiger partial charge in [-0.25, -0.2) is 4.98 Å². The molecular weight excluding hydrogens is 248 g/mol. The third kappa shape index (κ3) is 2.10. The number of hydrogen-bond acceptors (Lipinski definition) is 3. The van der Waals surface area contributed by atoms with Gasteiger partial charge in [-0.2, -0.15) is 0 Å². The van der Waals surface area contributed by atoms with E-state index in [0.29, 0.717) is 22.1 Å². The van der Waals surface area contributed by atoms with Crippen molar-refractivity contribution in [1.29, 1.82) is 0 Å². The smallest absolute Gasteiger partial charge is 0.145 e. The summed E-state index contributed by atoms with van der Waals surface area (Å²) in [5, 5.41) is 1.53. The van der Waals surface area contributed by atoms with E-state index in [-0.39, 0.29) is 5.41 Å². The number of aromatic nitrogens is 1. The lowest BCUT2D eigenvalue weighted by Crippen LogP contribution is -2.15. The molecule has 0 atom stereocenters. The first kappa shape index (κ1) is 13.0. The van der Waals surface area contributed by atoms with Crippen LogP contribution in [0.25, 0.3) is 10.9 Å². The second-order valence-electron chi connectivity index (χ2n) is 5.32. The highest BCUT2D eigenvalue weighted by Gasteiger charge is 2.20. The second-order valence-corrected chi connectivity index (χ2v) is 5.72. The molecular formula is C14H17ClN2O. The molecule has 2 N–H and O–H groups in total. The summed E-state index contributed by atoms with van der Waals surface area (Å²) < 4.78 is 5.29. The lowest BCUT2D eigenvalue weighted by molar-refractivity contribution is 0.419. The molecule has 96 valence electrons. The Bertz CT molecular complexity index is 603. The van der Waals surface area contributed by atoms with Gasteiger partial charge in [0.15, 0.2) is 0 Å². The van der Waals surface area contributed by atoms with E-state index in [4.69, 9.17) is 22.1 Å². The van der Waals surface area contributed by atoms with Crippen LogP contribution in [0.4, 0.5) is 5.82 Å². The SMILES string of the molecule is COc1ccc(Cl)c2cc(C(C)(C)C)c(N)nc12. The number of fused-ring (bicyclic) bond motifs is 1. The molecule has 18 heavy (non-hydrogen) atoms. The Morgan fingerprint density at radius 2 is 1.94 bits per heavy atom. The summed E-state index contributed by atoms with van der Waals surface area (Å²) in [6, 6.07) is 5.61. The van der Waals surface area contributed by atoms with Gasteiger partial charge in [0, 0.05) is 10.9 Å². The van der Waals surface area contributed by atoms with Gasteiger partial charge in [-0.1, -0.05) is 32.4 Å². The van der Waals surface area contributed by atoms with Crippen molar-refractivity contribution in [1.82, 2.24) is 4.98 Å². The lowest BCUT2D eigenvalue weighted by Gasteiger charge is -2.21. The molecule has 2 rings (SSSR count). The van der Waals surface area contributed by atoms with Crippen molar-refractivity contribution in [3.63, 3.8) is 0 Å². The van der Waals surface area contributed by atoms with Crippen molar-refractivity contribution in [2.24, 2.45) is 0 Å². The summed E-state index contributed by atoms with van der Waals surface area (Å²) in [6.07, 6.45) is 0. The van der Waals surface area contributed by atoms with Crippen LogP contribution in [0.2, 0.25) is 5.02 Å². The minimum Gasteiger partial charge on any atom is -0.494 e. The van der Waals surface area contributed by atoms with Crippen molar-refractivity contribution >= 4 is 28.3 Å². The fraction of sp³-hybridized carbons (Fsp3) is 0.357. The van der Waals surface area contributed by atoms with Gasteiger partial charge in [0.25, 0.3) is 0 Å². The predicted molar refractivity (Wildman–Crippen MR) is 76.4 cm³/mol. The summed E-state index contributed by atoms with van der Waals surface area (Å²) >= 11 is 6.22. The van der Waals surface area contributed by atoms with Crippen LogP contribution in [0.3, 0.4) is 0 Å². The maximum atomic E-state index is 6.22. The number of nitrogens with two attached hydrogens (primary N) is 1. The number of halogens is 1. The van der Waals surface area contributed by atoms with Crippen LogP contribution in [0.1, 0.15) is 26.3 Å². The van der Waals surface area contributed by atoms with Gasteiger partial charge in [-0.15, -0.1) is 0 Å². The molecule has 3 nitrogen and oxygen atoms in total. The average molecular weight is 265 g/mol. The fourth-order valence-electron chi connectivity index (χ4n) is 1.98. The Labute approximate surface area is 112 Å². The Morgan fingerprint density at radius 1 is 1.28 bits per heavy atom. The number of hydrogen-bond donors (Lipinski definition) is 1. The van der Waals surface area contributed by atoms with Gasteiger partial charge in [-0.3, -0.25) is 0 Å². The maximum Gasteiger partial charge on any atom is 0.145 e. The van der Waals surface area contributed by atoms with Crippen LogP contribution in [-0.2, 0) is 5.41 Å². The molecule has 0 saturated carbocycles. The van der Waals surface area contributed by atoms with Gasteiger partial charge < -0.3 is 10.5 Å². The largest absolute Gasteiger partial charge is 0.494 e. The quantitative estimate of drug-likeness (QED) is 0.853. The van der Waals surface area contributed by atoms with E-state index in [1.807, 2.05) is 12.1 Å². The third-order valence-corrected chi connectivity index (χ3v) is 3.28. The third-order valence-electron chi connectivity index (χ3n) is 2.95. The van der Waals surface area contributed by atoms with Gasteiger partial charge in [0.05, 0.1) is 12.1 Å². The molecule has 0 radical (unpaired) electrons. The highest BCUT2D eigenvalue weighted by molar-refractivity contribution is 6.35. The minimum absolute atomic E-state index is 0.0717. The topological polar surface area (TPSA) is 48.1 Å². The van der Waals surface area contributed by atoms with Crippen molar-refractivity contribution in [2.75, 3.05) is 12.8 Å². The van der Waals surface area contributed by atoms with Gasteiger partial charge >= 0.3 is 0 Å². The zero-order valence-electron chi connectivity index (χ0n) is 11.0. The molecule has 0 spiro atoms. The predicted octanol–water partition coefficient (Wildman–Crippen LogP) is 3.78. The first-order valence-corrected chi connectivity index (χ1v) is 6.15. The van der Waals surface area contributed by atoms with E-state index in [0.717, 1.165) is 10.9 Å². The fourth-order valence-corrected chi connectivity index (χ4v) is 2.19. The molecule has 1 heterocycles. The Kier molecular flexibility index (Phi) is 3.11. The van der Waals surface area contributed by atoms with Crippen molar-refractivity contribution in [3.05, 3.63) is 28.8 Å². The molecule has 0 aliphatic heterocycles. The molecule has 0 bridgehead atoms. The number of benzene rings is 1. The van der Waals surface area contributed by atoms with E-state index < -0.39 is 0 Å². The van der Waals surface area contributed by atoms with Crippen molar-refractivity contribution < 1.29 is 4.74 Å². The Hall–Kier alpha value is -1.48. The molecule has 0 fully saturated rings. The van der Waals surface area contributed by atoms with Gasteiger partial charge in [-0.05, 0) is 23.6 Å². The highest BCUT2D eigenvalue weighted by Crippen LogP contribution is 2.35. The number of nitrogens with zero attached hydrogens (tertiary/aromatic N) is 1. The monoisotopic (exact) mass is 264 g/mol. The molecule has 0 aliphatic rings. The normalized spacial score (nSPS) is 11.8. The van der Waals surface area contributed by atoms with Crippen molar-refractivity contribution in [2.45, 2.75) is 26.2 Å². The Morgan fingerprint density at radius 3 is 2.50 bits per heavy atom. The molecule has 4 heteroatoms. The summed E-state index contributed by atoms with van der Waals surface area (Å²) in [7, 11) is 1.61. The highest BCUT2D eigenvalue weighted by atomic mass is 35.5. The van der Waals surface area contributed by atoms with Gasteiger partial charge in [0.2, 0.25) is 0 Å². The first-order valence-electron chi connectivity index (χ1n) is 5.78. The number of rotatable bonds is 1. The van der Waals surface area contributed by atoms with Crippen LogP contribution in [0, 0.1) is 0 Å². The van der Waals surface area contributed by atoms with Crippen LogP contribution < -0.4 is 10.5 Å². The molecule has 0 unspecified atom stereocenters. The number of pyridine rings is 1. The van der Waals surface area contributed by atoms with E-state index in [2.05, 4.69) is 25.8 Å². The summed E-state index contributed by atoms with van der Waals surface area (Å²) in [4.78, 5) is 4.44. The summed E-state index contributed by atoms with van der Waals surface area (Å²) in [6.45, 7) is 6.29. The van der Waals surface area contributed by atoms with E-state index >= 15 is 0 Å². The number of anilines is 1. The maximum absolute atomic E-state index is 6.22. The molecule has 0 aliphatic carbocycles. The van der Waals surface area contributed by atoms with E-state index in [1.54, 1.807) is 13.2 Å². The molecule has 1 aromatic carbocycles. The first-order chi connectivity index (χ1) is 8.34. The average Bonchev–Trinajstić information content (AvgIpc) is 2.27.